The van der Waals surface area contributed by atoms with E-state index in [0.717, 1.165) is 11.0 Å². The number of aliphatic hydroxyl groups excluding tert-OH is 1. The first-order valence-electron chi connectivity index (χ1n) is 5.72. The Balaban J connectivity index is 2.13. The summed E-state index contributed by atoms with van der Waals surface area (Å²) in [6.45, 7) is 1.68. The van der Waals surface area contributed by atoms with Crippen molar-refractivity contribution >= 4 is 16.7 Å². The van der Waals surface area contributed by atoms with Crippen LogP contribution in [0.5, 0.6) is 0 Å². The van der Waals surface area contributed by atoms with Crippen molar-refractivity contribution in [3.63, 3.8) is 0 Å². The summed E-state index contributed by atoms with van der Waals surface area (Å²) in [5, 5.41) is 28.4. The van der Waals surface area contributed by atoms with Gasteiger partial charge in [-0.1, -0.05) is 12.1 Å². The van der Waals surface area contributed by atoms with Crippen LogP contribution in [0.2, 0.25) is 0 Å². The van der Waals surface area contributed by atoms with Gasteiger partial charge in [0.05, 0.1) is 5.60 Å². The molecule has 5 heteroatoms. The van der Waals surface area contributed by atoms with E-state index in [2.05, 4.69) is 10.2 Å². The van der Waals surface area contributed by atoms with Gasteiger partial charge in [0.25, 0.3) is 0 Å². The maximum Gasteiger partial charge on any atom is 0.139 e. The van der Waals surface area contributed by atoms with Crippen molar-refractivity contribution in [1.29, 1.82) is 0 Å². The number of hydrogen-bond donors (Lipinski definition) is 2. The molecule has 2 aromatic rings. The number of aromatic nitrogens is 3. The Morgan fingerprint density at radius 3 is 2.44 bits per heavy atom. The summed E-state index contributed by atoms with van der Waals surface area (Å²) in [6.07, 6.45) is 3.52. The zero-order valence-electron chi connectivity index (χ0n) is 9.91. The highest BCUT2D eigenvalue weighted by Crippen LogP contribution is 2.27. The maximum atomic E-state index is 10.00. The highest BCUT2D eigenvalue weighted by Gasteiger charge is 2.25. The van der Waals surface area contributed by atoms with Crippen LogP contribution in [0.3, 0.4) is 0 Å². The Labute approximate surface area is 104 Å². The van der Waals surface area contributed by atoms with Gasteiger partial charge in [-0.2, -0.15) is 0 Å². The standard InChI is InChI=1S/C13H13N3O2/c1-13(18)7-6-12(17)11(8-13)16-14-9-4-2-3-5-10(9)15-16/h2-6,8,17-18H,7H2,1H3. The first kappa shape index (κ1) is 11.0. The third-order valence-corrected chi connectivity index (χ3v) is 2.92. The van der Waals surface area contributed by atoms with Crippen molar-refractivity contribution in [3.05, 3.63) is 42.2 Å². The van der Waals surface area contributed by atoms with Gasteiger partial charge >= 0.3 is 0 Å². The monoisotopic (exact) mass is 243 g/mol. The quantitative estimate of drug-likeness (QED) is 0.802. The third kappa shape index (κ3) is 1.78. The molecule has 1 aliphatic carbocycles. The normalized spacial score (nSPS) is 23.9. The van der Waals surface area contributed by atoms with E-state index in [1.165, 1.54) is 4.80 Å². The van der Waals surface area contributed by atoms with Crippen molar-refractivity contribution in [2.75, 3.05) is 0 Å². The molecule has 92 valence electrons. The molecule has 1 aromatic heterocycles. The number of rotatable bonds is 1. The Morgan fingerprint density at radius 2 is 1.83 bits per heavy atom. The average Bonchev–Trinajstić information content (AvgIpc) is 2.76. The van der Waals surface area contributed by atoms with E-state index >= 15 is 0 Å². The van der Waals surface area contributed by atoms with E-state index < -0.39 is 5.60 Å². The largest absolute Gasteiger partial charge is 0.506 e. The highest BCUT2D eigenvalue weighted by atomic mass is 16.3. The SMILES string of the molecule is CC1(O)C=C(n2nc3ccccc3n2)C(O)=CC1. The van der Waals surface area contributed by atoms with Gasteiger partial charge in [-0.05, 0) is 31.2 Å². The summed E-state index contributed by atoms with van der Waals surface area (Å²) in [5.41, 5.74) is 0.914. The lowest BCUT2D eigenvalue weighted by Gasteiger charge is -2.22. The molecule has 5 nitrogen and oxygen atoms in total. The van der Waals surface area contributed by atoms with Crippen LogP contribution in [-0.4, -0.2) is 30.8 Å². The van der Waals surface area contributed by atoms with Crippen LogP contribution in [0, 0.1) is 0 Å². The summed E-state index contributed by atoms with van der Waals surface area (Å²) in [6, 6.07) is 7.45. The minimum absolute atomic E-state index is 0.0850. The molecule has 2 N–H and O–H groups in total. The van der Waals surface area contributed by atoms with Gasteiger partial charge in [0, 0.05) is 6.42 Å². The van der Waals surface area contributed by atoms with Gasteiger partial charge in [0.15, 0.2) is 0 Å². The number of benzene rings is 1. The molecule has 1 aromatic carbocycles. The first-order valence-corrected chi connectivity index (χ1v) is 5.72. The maximum absolute atomic E-state index is 10.00. The fourth-order valence-electron chi connectivity index (χ4n) is 1.96. The van der Waals surface area contributed by atoms with Crippen molar-refractivity contribution in [2.24, 2.45) is 0 Å². The Kier molecular flexibility index (Phi) is 2.24. The van der Waals surface area contributed by atoms with E-state index in [0.29, 0.717) is 12.1 Å². The smallest absolute Gasteiger partial charge is 0.139 e. The summed E-state index contributed by atoms with van der Waals surface area (Å²) >= 11 is 0. The van der Waals surface area contributed by atoms with Gasteiger partial charge in [0.2, 0.25) is 0 Å². The van der Waals surface area contributed by atoms with Crippen molar-refractivity contribution in [3.8, 4) is 0 Å². The average molecular weight is 243 g/mol. The second-order valence-electron chi connectivity index (χ2n) is 4.66. The van der Waals surface area contributed by atoms with Gasteiger partial charge in [-0.25, -0.2) is 0 Å². The number of hydrogen-bond acceptors (Lipinski definition) is 4. The second kappa shape index (κ2) is 3.68. The molecule has 0 radical (unpaired) electrons. The molecule has 0 spiro atoms. The predicted molar refractivity (Wildman–Crippen MR) is 67.8 cm³/mol. The molecule has 0 amide bonds. The molecule has 1 unspecified atom stereocenters. The molecule has 0 saturated heterocycles. The minimum Gasteiger partial charge on any atom is -0.506 e. The molecule has 1 aliphatic rings. The lowest BCUT2D eigenvalue weighted by Crippen LogP contribution is -2.25. The van der Waals surface area contributed by atoms with E-state index in [9.17, 15) is 10.2 Å². The molecular formula is C13H13N3O2. The van der Waals surface area contributed by atoms with E-state index in [4.69, 9.17) is 0 Å². The van der Waals surface area contributed by atoms with Crippen LogP contribution in [0.4, 0.5) is 0 Å². The topological polar surface area (TPSA) is 71.2 Å². The fraction of sp³-hybridized carbons (Fsp3) is 0.231. The lowest BCUT2D eigenvalue weighted by atomic mass is 9.95. The number of aliphatic hydroxyl groups is 2. The van der Waals surface area contributed by atoms with Crippen LogP contribution in [0.1, 0.15) is 13.3 Å². The van der Waals surface area contributed by atoms with Gasteiger partial charge in [-0.15, -0.1) is 15.0 Å². The molecular weight excluding hydrogens is 230 g/mol. The van der Waals surface area contributed by atoms with Crippen LogP contribution in [0.15, 0.2) is 42.2 Å². The fourth-order valence-corrected chi connectivity index (χ4v) is 1.96. The van der Waals surface area contributed by atoms with Crippen molar-refractivity contribution < 1.29 is 10.2 Å². The van der Waals surface area contributed by atoms with Gasteiger partial charge < -0.3 is 10.2 Å². The number of allylic oxidation sites excluding steroid dienone is 1. The van der Waals surface area contributed by atoms with E-state index in [1.807, 2.05) is 24.3 Å². The molecule has 18 heavy (non-hydrogen) atoms. The lowest BCUT2D eigenvalue weighted by molar-refractivity contribution is 0.112. The number of fused-ring (bicyclic) bond motifs is 1. The second-order valence-corrected chi connectivity index (χ2v) is 4.66. The Bertz CT molecular complexity index is 635. The highest BCUT2D eigenvalue weighted by molar-refractivity contribution is 5.75. The zero-order chi connectivity index (χ0) is 12.8. The third-order valence-electron chi connectivity index (χ3n) is 2.92. The summed E-state index contributed by atoms with van der Waals surface area (Å²) in [7, 11) is 0. The number of nitrogens with zero attached hydrogens (tertiary/aromatic N) is 3. The molecule has 0 fully saturated rings. The van der Waals surface area contributed by atoms with Gasteiger partial charge in [0.1, 0.15) is 22.5 Å². The van der Waals surface area contributed by atoms with Crippen molar-refractivity contribution in [2.45, 2.75) is 18.9 Å². The zero-order valence-corrected chi connectivity index (χ0v) is 9.91. The summed E-state index contributed by atoms with van der Waals surface area (Å²) in [5.74, 6) is 0.0850. The molecule has 0 aliphatic heterocycles. The molecule has 0 saturated carbocycles. The van der Waals surface area contributed by atoms with E-state index in [-0.39, 0.29) is 5.76 Å². The minimum atomic E-state index is -0.985. The first-order chi connectivity index (χ1) is 8.55. The molecule has 3 rings (SSSR count). The molecule has 1 heterocycles. The van der Waals surface area contributed by atoms with Crippen LogP contribution >= 0.6 is 0 Å². The van der Waals surface area contributed by atoms with Crippen LogP contribution < -0.4 is 0 Å². The van der Waals surface area contributed by atoms with Crippen LogP contribution in [0.25, 0.3) is 16.7 Å². The van der Waals surface area contributed by atoms with Crippen LogP contribution in [-0.2, 0) is 0 Å². The Hall–Kier alpha value is -2.14. The molecule has 1 atom stereocenters. The Morgan fingerprint density at radius 1 is 1.22 bits per heavy atom. The van der Waals surface area contributed by atoms with Crippen molar-refractivity contribution in [1.82, 2.24) is 15.0 Å². The molecule has 0 bridgehead atoms. The predicted octanol–water partition coefficient (Wildman–Crippen LogP) is 1.87. The summed E-state index contributed by atoms with van der Waals surface area (Å²) in [4.78, 5) is 1.35. The van der Waals surface area contributed by atoms with E-state index in [1.54, 1.807) is 19.1 Å². The summed E-state index contributed by atoms with van der Waals surface area (Å²) < 4.78 is 0. The van der Waals surface area contributed by atoms with Gasteiger partial charge in [-0.3, -0.25) is 0 Å².